The Morgan fingerprint density at radius 2 is 2.00 bits per heavy atom. The SMILES string of the molecule is CC(C)(C)OC(=O)N1CCC2(CC2)c2cc(Br)ccc21. The number of halogens is 1. The van der Waals surface area contributed by atoms with Crippen molar-refractivity contribution in [2.24, 2.45) is 0 Å². The molecule has 1 heterocycles. The van der Waals surface area contributed by atoms with Crippen molar-refractivity contribution in [2.75, 3.05) is 11.4 Å². The van der Waals surface area contributed by atoms with Crippen LogP contribution in [-0.4, -0.2) is 18.2 Å². The maximum absolute atomic E-state index is 12.4. The summed E-state index contributed by atoms with van der Waals surface area (Å²) in [6.45, 7) is 6.46. The number of amides is 1. The number of rotatable bonds is 0. The van der Waals surface area contributed by atoms with E-state index >= 15 is 0 Å². The number of ether oxygens (including phenoxy) is 1. The number of benzene rings is 1. The van der Waals surface area contributed by atoms with Crippen LogP contribution in [0.5, 0.6) is 0 Å². The Hall–Kier alpha value is -1.03. The fourth-order valence-corrected chi connectivity index (χ4v) is 3.29. The van der Waals surface area contributed by atoms with Crippen LogP contribution in [0, 0.1) is 0 Å². The zero-order valence-corrected chi connectivity index (χ0v) is 13.8. The minimum Gasteiger partial charge on any atom is -0.443 e. The average molecular weight is 338 g/mol. The topological polar surface area (TPSA) is 29.5 Å². The van der Waals surface area contributed by atoms with Crippen LogP contribution in [-0.2, 0) is 10.2 Å². The Morgan fingerprint density at radius 1 is 1.30 bits per heavy atom. The molecule has 1 saturated carbocycles. The molecule has 20 heavy (non-hydrogen) atoms. The van der Waals surface area contributed by atoms with Gasteiger partial charge in [0.1, 0.15) is 5.60 Å². The molecule has 4 heteroatoms. The van der Waals surface area contributed by atoms with E-state index in [4.69, 9.17) is 4.74 Å². The lowest BCUT2D eigenvalue weighted by Gasteiger charge is -2.35. The van der Waals surface area contributed by atoms with Crippen LogP contribution in [0.4, 0.5) is 10.5 Å². The molecule has 1 aliphatic heterocycles. The van der Waals surface area contributed by atoms with E-state index in [-0.39, 0.29) is 6.09 Å². The molecule has 1 aliphatic carbocycles. The van der Waals surface area contributed by atoms with Crippen molar-refractivity contribution < 1.29 is 9.53 Å². The lowest BCUT2D eigenvalue weighted by Crippen LogP contribution is -2.42. The van der Waals surface area contributed by atoms with Crippen LogP contribution in [0.15, 0.2) is 22.7 Å². The molecule has 1 aromatic carbocycles. The van der Waals surface area contributed by atoms with Gasteiger partial charge in [0.15, 0.2) is 0 Å². The van der Waals surface area contributed by atoms with Gasteiger partial charge in [0.2, 0.25) is 0 Å². The Bertz CT molecular complexity index is 558. The van der Waals surface area contributed by atoms with E-state index in [1.54, 1.807) is 4.90 Å². The molecule has 3 nitrogen and oxygen atoms in total. The van der Waals surface area contributed by atoms with Crippen LogP contribution in [0.3, 0.4) is 0 Å². The van der Waals surface area contributed by atoms with Crippen molar-refractivity contribution in [1.82, 2.24) is 0 Å². The number of hydrogen-bond acceptors (Lipinski definition) is 2. The molecule has 1 spiro atoms. The maximum atomic E-state index is 12.4. The van der Waals surface area contributed by atoms with Crippen molar-refractivity contribution in [1.29, 1.82) is 0 Å². The van der Waals surface area contributed by atoms with Gasteiger partial charge in [0, 0.05) is 11.0 Å². The van der Waals surface area contributed by atoms with E-state index < -0.39 is 5.60 Å². The Balaban J connectivity index is 1.94. The van der Waals surface area contributed by atoms with E-state index in [1.807, 2.05) is 32.9 Å². The third kappa shape index (κ3) is 2.46. The van der Waals surface area contributed by atoms with Gasteiger partial charge in [-0.05, 0) is 69.2 Å². The Kier molecular flexibility index (Phi) is 3.12. The van der Waals surface area contributed by atoms with Crippen molar-refractivity contribution >= 4 is 27.7 Å². The van der Waals surface area contributed by atoms with Crippen LogP contribution in [0.1, 0.15) is 45.6 Å². The fourth-order valence-electron chi connectivity index (χ4n) is 2.93. The molecule has 0 radical (unpaired) electrons. The highest BCUT2D eigenvalue weighted by Crippen LogP contribution is 2.56. The maximum Gasteiger partial charge on any atom is 0.414 e. The van der Waals surface area contributed by atoms with Crippen LogP contribution < -0.4 is 4.90 Å². The summed E-state index contributed by atoms with van der Waals surface area (Å²) in [6, 6.07) is 6.19. The third-order valence-electron chi connectivity index (χ3n) is 4.10. The lowest BCUT2D eigenvalue weighted by atomic mass is 9.87. The molecule has 1 fully saturated rings. The minimum absolute atomic E-state index is 0.239. The molecule has 3 rings (SSSR count). The predicted octanol–water partition coefficient (Wildman–Crippen LogP) is 4.63. The second kappa shape index (κ2) is 4.48. The number of carbonyl (C=O) groups is 1. The summed E-state index contributed by atoms with van der Waals surface area (Å²) in [4.78, 5) is 14.2. The first-order chi connectivity index (χ1) is 9.31. The first kappa shape index (κ1) is 13.9. The summed E-state index contributed by atoms with van der Waals surface area (Å²) in [6.07, 6.45) is 3.27. The largest absolute Gasteiger partial charge is 0.443 e. The molecule has 2 aliphatic rings. The summed E-state index contributed by atoms with van der Waals surface area (Å²) < 4.78 is 6.61. The standard InChI is InChI=1S/C16H20BrNO2/c1-15(2,3)20-14(19)18-9-8-16(6-7-16)12-10-11(17)4-5-13(12)18/h4-5,10H,6-9H2,1-3H3. The van der Waals surface area contributed by atoms with Crippen LogP contribution >= 0.6 is 15.9 Å². The molecule has 0 N–H and O–H groups in total. The summed E-state index contributed by atoms with van der Waals surface area (Å²) >= 11 is 3.54. The van der Waals surface area contributed by atoms with Gasteiger partial charge in [0.05, 0.1) is 5.69 Å². The summed E-state index contributed by atoms with van der Waals surface area (Å²) in [7, 11) is 0. The van der Waals surface area contributed by atoms with Gasteiger partial charge in [-0.25, -0.2) is 4.79 Å². The molecule has 0 saturated heterocycles. The molecule has 108 valence electrons. The van der Waals surface area contributed by atoms with Crippen molar-refractivity contribution in [3.8, 4) is 0 Å². The van der Waals surface area contributed by atoms with Crippen molar-refractivity contribution in [3.63, 3.8) is 0 Å². The van der Waals surface area contributed by atoms with Gasteiger partial charge in [-0.2, -0.15) is 0 Å². The second-order valence-corrected chi connectivity index (χ2v) is 7.74. The zero-order chi connectivity index (χ0) is 14.5. The zero-order valence-electron chi connectivity index (χ0n) is 12.2. The van der Waals surface area contributed by atoms with Gasteiger partial charge in [-0.15, -0.1) is 0 Å². The van der Waals surface area contributed by atoms with E-state index in [9.17, 15) is 4.79 Å². The number of nitrogens with zero attached hydrogens (tertiary/aromatic N) is 1. The average Bonchev–Trinajstić information content (AvgIpc) is 3.09. The van der Waals surface area contributed by atoms with Gasteiger partial charge in [-0.3, -0.25) is 4.90 Å². The van der Waals surface area contributed by atoms with E-state index in [0.29, 0.717) is 5.41 Å². The van der Waals surface area contributed by atoms with E-state index in [1.165, 1.54) is 18.4 Å². The lowest BCUT2D eigenvalue weighted by molar-refractivity contribution is 0.0576. The molecular formula is C16H20BrNO2. The Morgan fingerprint density at radius 3 is 2.60 bits per heavy atom. The summed E-state index contributed by atoms with van der Waals surface area (Å²) in [5, 5.41) is 0. The molecule has 0 atom stereocenters. The van der Waals surface area contributed by atoms with Crippen LogP contribution in [0.25, 0.3) is 0 Å². The van der Waals surface area contributed by atoms with Crippen LogP contribution in [0.2, 0.25) is 0 Å². The van der Waals surface area contributed by atoms with E-state index in [0.717, 1.165) is 23.1 Å². The van der Waals surface area contributed by atoms with E-state index in [2.05, 4.69) is 22.0 Å². The van der Waals surface area contributed by atoms with Crippen molar-refractivity contribution in [2.45, 2.75) is 51.0 Å². The normalized spacial score (nSPS) is 19.7. The first-order valence-corrected chi connectivity index (χ1v) is 7.91. The highest BCUT2D eigenvalue weighted by molar-refractivity contribution is 9.10. The number of anilines is 1. The fraction of sp³-hybridized carbons (Fsp3) is 0.562. The number of hydrogen-bond donors (Lipinski definition) is 0. The monoisotopic (exact) mass is 337 g/mol. The van der Waals surface area contributed by atoms with Gasteiger partial charge in [-0.1, -0.05) is 15.9 Å². The molecule has 0 aromatic heterocycles. The molecular weight excluding hydrogens is 318 g/mol. The number of carbonyl (C=O) groups excluding carboxylic acids is 1. The highest BCUT2D eigenvalue weighted by Gasteiger charge is 2.49. The summed E-state index contributed by atoms with van der Waals surface area (Å²) in [5.74, 6) is 0. The van der Waals surface area contributed by atoms with Gasteiger partial charge >= 0.3 is 6.09 Å². The number of fused-ring (bicyclic) bond motifs is 2. The first-order valence-electron chi connectivity index (χ1n) is 7.11. The quantitative estimate of drug-likeness (QED) is 0.690. The molecule has 1 amide bonds. The highest BCUT2D eigenvalue weighted by atomic mass is 79.9. The Labute approximate surface area is 128 Å². The predicted molar refractivity (Wildman–Crippen MR) is 83.3 cm³/mol. The molecule has 0 bridgehead atoms. The smallest absolute Gasteiger partial charge is 0.414 e. The minimum atomic E-state index is -0.457. The second-order valence-electron chi connectivity index (χ2n) is 6.82. The van der Waals surface area contributed by atoms with Gasteiger partial charge < -0.3 is 4.74 Å². The van der Waals surface area contributed by atoms with Gasteiger partial charge in [0.25, 0.3) is 0 Å². The summed E-state index contributed by atoms with van der Waals surface area (Å²) in [5.41, 5.74) is 2.18. The third-order valence-corrected chi connectivity index (χ3v) is 4.60. The molecule has 1 aromatic rings. The van der Waals surface area contributed by atoms with Crippen molar-refractivity contribution in [3.05, 3.63) is 28.2 Å². The molecule has 0 unspecified atom stereocenters.